The molecule has 1 saturated heterocycles. The van der Waals surface area contributed by atoms with E-state index in [1.165, 1.54) is 0 Å². The van der Waals surface area contributed by atoms with Gasteiger partial charge < -0.3 is 20.5 Å². The van der Waals surface area contributed by atoms with Gasteiger partial charge in [-0.15, -0.1) is 11.3 Å². The van der Waals surface area contributed by atoms with Gasteiger partial charge in [-0.2, -0.15) is 0 Å². The van der Waals surface area contributed by atoms with Gasteiger partial charge in [-0.1, -0.05) is 30.3 Å². The summed E-state index contributed by atoms with van der Waals surface area (Å²) in [5, 5.41) is 20.5. The van der Waals surface area contributed by atoms with E-state index in [1.54, 1.807) is 11.3 Å². The van der Waals surface area contributed by atoms with E-state index in [0.29, 0.717) is 13.1 Å². The Labute approximate surface area is 183 Å². The first kappa shape index (κ1) is 22.7. The van der Waals surface area contributed by atoms with Crippen molar-refractivity contribution in [3.8, 4) is 10.6 Å². The number of aliphatic imine (C=N–C) groups is 1. The molecule has 1 aliphatic heterocycles. The van der Waals surface area contributed by atoms with Crippen molar-refractivity contribution < 1.29 is 9.84 Å². The highest BCUT2D eigenvalue weighted by Gasteiger charge is 2.25. The summed E-state index contributed by atoms with van der Waals surface area (Å²) in [6.07, 6.45) is 0.817. The molecule has 1 fully saturated rings. The van der Waals surface area contributed by atoms with Gasteiger partial charge in [0.2, 0.25) is 0 Å². The molecule has 0 amide bonds. The van der Waals surface area contributed by atoms with E-state index < -0.39 is 5.60 Å². The highest BCUT2D eigenvalue weighted by Crippen LogP contribution is 2.23. The Bertz CT molecular complexity index is 788. The summed E-state index contributed by atoms with van der Waals surface area (Å²) in [5.74, 6) is 0.721. The van der Waals surface area contributed by atoms with E-state index in [9.17, 15) is 5.11 Å². The van der Waals surface area contributed by atoms with Crippen LogP contribution in [0.5, 0.6) is 0 Å². The SMILES string of the molecule is CCNC(=NCC(C)(O)CN1CCOCC1)NCCc1csc(-c2ccccc2)n1. The Morgan fingerprint density at radius 3 is 2.77 bits per heavy atom. The molecule has 0 spiro atoms. The number of β-amino-alcohol motifs (C(OH)–C–C–N with tert-alkyl or cyclic N) is 1. The minimum atomic E-state index is -0.876. The predicted octanol–water partition coefficient (Wildman–Crippen LogP) is 1.99. The molecule has 0 aliphatic carbocycles. The highest BCUT2D eigenvalue weighted by atomic mass is 32.1. The number of guanidine groups is 1. The largest absolute Gasteiger partial charge is 0.387 e. The fraction of sp³-hybridized carbons (Fsp3) is 0.545. The number of aliphatic hydroxyl groups is 1. The second-order valence-electron chi connectivity index (χ2n) is 7.77. The van der Waals surface area contributed by atoms with Crippen LogP contribution in [0.15, 0.2) is 40.7 Å². The fourth-order valence-corrected chi connectivity index (χ4v) is 4.19. The topological polar surface area (TPSA) is 82.0 Å². The molecule has 8 heteroatoms. The van der Waals surface area contributed by atoms with Crippen LogP contribution in [0.2, 0.25) is 0 Å². The van der Waals surface area contributed by atoms with Gasteiger partial charge in [0, 0.05) is 50.1 Å². The van der Waals surface area contributed by atoms with Crippen LogP contribution in [-0.2, 0) is 11.2 Å². The number of aromatic nitrogens is 1. The molecule has 2 heterocycles. The number of hydrogen-bond donors (Lipinski definition) is 3. The number of thiazole rings is 1. The third-order valence-corrected chi connectivity index (χ3v) is 5.78. The lowest BCUT2D eigenvalue weighted by atomic mass is 10.1. The van der Waals surface area contributed by atoms with Crippen LogP contribution < -0.4 is 10.6 Å². The molecule has 1 aromatic carbocycles. The molecule has 0 bridgehead atoms. The van der Waals surface area contributed by atoms with Gasteiger partial charge in [0.25, 0.3) is 0 Å². The van der Waals surface area contributed by atoms with E-state index in [-0.39, 0.29) is 0 Å². The van der Waals surface area contributed by atoms with Gasteiger partial charge in [-0.05, 0) is 13.8 Å². The van der Waals surface area contributed by atoms with Crippen molar-refractivity contribution in [3.05, 3.63) is 41.4 Å². The maximum Gasteiger partial charge on any atom is 0.191 e. The van der Waals surface area contributed by atoms with E-state index >= 15 is 0 Å². The van der Waals surface area contributed by atoms with Gasteiger partial charge >= 0.3 is 0 Å². The Kier molecular flexibility index (Phi) is 8.62. The zero-order valence-electron chi connectivity index (χ0n) is 17.9. The van der Waals surface area contributed by atoms with Crippen molar-refractivity contribution in [3.63, 3.8) is 0 Å². The number of nitrogens with one attached hydrogen (secondary N) is 2. The lowest BCUT2D eigenvalue weighted by Crippen LogP contribution is -2.48. The number of morpholine rings is 1. The average Bonchev–Trinajstić information content (AvgIpc) is 3.22. The normalized spacial score (nSPS) is 17.5. The van der Waals surface area contributed by atoms with Gasteiger partial charge in [0.1, 0.15) is 5.01 Å². The van der Waals surface area contributed by atoms with Crippen molar-refractivity contribution in [2.24, 2.45) is 4.99 Å². The molecule has 1 atom stereocenters. The Balaban J connectivity index is 1.48. The molecule has 1 aromatic heterocycles. The van der Waals surface area contributed by atoms with Gasteiger partial charge in [0.05, 0.1) is 31.1 Å². The molecular formula is C22H33N5O2S. The number of benzene rings is 1. The zero-order chi connectivity index (χ0) is 21.2. The van der Waals surface area contributed by atoms with Crippen molar-refractivity contribution in [2.45, 2.75) is 25.9 Å². The standard InChI is InChI=1S/C22H33N5O2S/c1-3-23-21(25-16-22(2,28)17-27-11-13-29-14-12-27)24-10-9-19-15-30-20(26-19)18-7-5-4-6-8-18/h4-8,15,28H,3,9-14,16-17H2,1-2H3,(H2,23,24,25). The summed E-state index contributed by atoms with van der Waals surface area (Å²) in [7, 11) is 0. The summed E-state index contributed by atoms with van der Waals surface area (Å²) in [4.78, 5) is 11.6. The van der Waals surface area contributed by atoms with Gasteiger partial charge in [-0.25, -0.2) is 4.98 Å². The Hall–Kier alpha value is -2.00. The van der Waals surface area contributed by atoms with Crippen LogP contribution in [0.3, 0.4) is 0 Å². The minimum absolute atomic E-state index is 0.342. The number of hydrogen-bond acceptors (Lipinski definition) is 6. The first-order valence-corrected chi connectivity index (χ1v) is 11.5. The summed E-state index contributed by atoms with van der Waals surface area (Å²) >= 11 is 1.67. The maximum atomic E-state index is 10.7. The van der Waals surface area contributed by atoms with Crippen LogP contribution in [0, 0.1) is 0 Å². The summed E-state index contributed by atoms with van der Waals surface area (Å²) in [5.41, 5.74) is 1.35. The van der Waals surface area contributed by atoms with Crippen LogP contribution in [0.4, 0.5) is 0 Å². The van der Waals surface area contributed by atoms with Crippen LogP contribution >= 0.6 is 11.3 Å². The van der Waals surface area contributed by atoms with Crippen LogP contribution in [0.25, 0.3) is 10.6 Å². The molecule has 0 saturated carbocycles. The van der Waals surface area contributed by atoms with Crippen molar-refractivity contribution in [1.29, 1.82) is 0 Å². The number of rotatable bonds is 9. The molecule has 30 heavy (non-hydrogen) atoms. The molecule has 2 aromatic rings. The highest BCUT2D eigenvalue weighted by molar-refractivity contribution is 7.13. The predicted molar refractivity (Wildman–Crippen MR) is 123 cm³/mol. The quantitative estimate of drug-likeness (QED) is 0.416. The lowest BCUT2D eigenvalue weighted by Gasteiger charge is -2.33. The van der Waals surface area contributed by atoms with Crippen molar-refractivity contribution in [2.75, 3.05) is 52.5 Å². The summed E-state index contributed by atoms with van der Waals surface area (Å²) in [6.45, 7) is 9.49. The van der Waals surface area contributed by atoms with Gasteiger partial charge in [-0.3, -0.25) is 9.89 Å². The minimum Gasteiger partial charge on any atom is -0.387 e. The molecule has 3 rings (SSSR count). The first-order chi connectivity index (χ1) is 14.6. The van der Waals surface area contributed by atoms with E-state index in [4.69, 9.17) is 9.72 Å². The molecule has 1 unspecified atom stereocenters. The number of ether oxygens (including phenoxy) is 1. The first-order valence-electron chi connectivity index (χ1n) is 10.6. The Morgan fingerprint density at radius 1 is 1.27 bits per heavy atom. The molecule has 0 radical (unpaired) electrons. The number of nitrogens with zero attached hydrogens (tertiary/aromatic N) is 3. The van der Waals surface area contributed by atoms with Crippen molar-refractivity contribution in [1.82, 2.24) is 20.5 Å². The van der Waals surface area contributed by atoms with E-state index in [0.717, 1.165) is 68.0 Å². The third-order valence-electron chi connectivity index (χ3n) is 4.84. The third kappa shape index (κ3) is 7.36. The lowest BCUT2D eigenvalue weighted by molar-refractivity contribution is -0.0179. The van der Waals surface area contributed by atoms with Crippen molar-refractivity contribution >= 4 is 17.3 Å². The molecule has 7 nitrogen and oxygen atoms in total. The summed E-state index contributed by atoms with van der Waals surface area (Å²) < 4.78 is 5.38. The van der Waals surface area contributed by atoms with E-state index in [1.807, 2.05) is 32.0 Å². The monoisotopic (exact) mass is 431 g/mol. The zero-order valence-corrected chi connectivity index (χ0v) is 18.7. The maximum absolute atomic E-state index is 10.7. The van der Waals surface area contributed by atoms with E-state index in [2.05, 4.69) is 38.0 Å². The second kappa shape index (κ2) is 11.4. The molecule has 3 N–H and O–H groups in total. The van der Waals surface area contributed by atoms with Crippen LogP contribution in [0.1, 0.15) is 19.5 Å². The molecular weight excluding hydrogens is 398 g/mol. The molecule has 164 valence electrons. The summed E-state index contributed by atoms with van der Waals surface area (Å²) in [6, 6.07) is 10.2. The van der Waals surface area contributed by atoms with Gasteiger partial charge in [0.15, 0.2) is 5.96 Å². The van der Waals surface area contributed by atoms with Crippen LogP contribution in [-0.4, -0.2) is 79.0 Å². The smallest absolute Gasteiger partial charge is 0.191 e. The second-order valence-corrected chi connectivity index (χ2v) is 8.63. The Morgan fingerprint density at radius 2 is 2.03 bits per heavy atom. The fourth-order valence-electron chi connectivity index (χ4n) is 3.33. The molecule has 1 aliphatic rings. The average molecular weight is 432 g/mol.